The first kappa shape index (κ1) is 24.4. The molecule has 2 atom stereocenters. The molecule has 2 aromatic rings. The van der Waals surface area contributed by atoms with Gasteiger partial charge in [0.1, 0.15) is 11.8 Å². The zero-order valence-electron chi connectivity index (χ0n) is 17.7. The van der Waals surface area contributed by atoms with E-state index in [1.807, 2.05) is 0 Å². The molecule has 0 radical (unpaired) electrons. The average molecular weight is 511 g/mol. The van der Waals surface area contributed by atoms with E-state index in [4.69, 9.17) is 15.1 Å². The van der Waals surface area contributed by atoms with Crippen LogP contribution in [0, 0.1) is 0 Å². The van der Waals surface area contributed by atoms with Crippen LogP contribution in [0.15, 0.2) is 23.6 Å². The summed E-state index contributed by atoms with van der Waals surface area (Å²) in [4.78, 5) is 28.7. The minimum Gasteiger partial charge on any atom is -0.534 e. The van der Waals surface area contributed by atoms with Gasteiger partial charge in [-0.15, -0.1) is 11.3 Å². The third-order valence-electron chi connectivity index (χ3n) is 5.35. The molecule has 182 valence electrons. The van der Waals surface area contributed by atoms with Gasteiger partial charge in [-0.25, -0.2) is 9.78 Å². The number of carbonyl (C=O) groups excluding carboxylic acids is 1. The molecule has 34 heavy (non-hydrogen) atoms. The van der Waals surface area contributed by atoms with Gasteiger partial charge in [0.15, 0.2) is 5.13 Å². The van der Waals surface area contributed by atoms with Gasteiger partial charge in [0, 0.05) is 18.5 Å². The van der Waals surface area contributed by atoms with Crippen LogP contribution in [0.3, 0.4) is 0 Å². The molecule has 0 spiro atoms. The average Bonchev–Trinajstić information content (AvgIpc) is 3.24. The van der Waals surface area contributed by atoms with Crippen molar-refractivity contribution in [2.24, 2.45) is 0 Å². The Labute approximate surface area is 199 Å². The summed E-state index contributed by atoms with van der Waals surface area (Å²) < 4.78 is 39.9. The number of para-hydroxylation sites is 1. The number of fused-ring (bicyclic) bond motifs is 1. The number of benzene rings is 1. The van der Waals surface area contributed by atoms with Gasteiger partial charge in [-0.1, -0.05) is 12.1 Å². The number of nitrogen functional groups attached to an aromatic ring is 1. The van der Waals surface area contributed by atoms with Crippen LogP contribution in [-0.4, -0.2) is 79.1 Å². The molecule has 4 rings (SSSR count). The van der Waals surface area contributed by atoms with Crippen molar-refractivity contribution in [1.29, 1.82) is 0 Å². The first-order valence-electron chi connectivity index (χ1n) is 10.2. The summed E-state index contributed by atoms with van der Waals surface area (Å²) in [5, 5.41) is 24.0. The summed E-state index contributed by atoms with van der Waals surface area (Å²) in [6.07, 6.45) is 0.0610. The number of hydrogen-bond donors (Lipinski definition) is 5. The van der Waals surface area contributed by atoms with Gasteiger partial charge in [-0.3, -0.25) is 4.79 Å². The fraction of sp³-hybridized carbons (Fsp3) is 0.389. The molecule has 2 aliphatic rings. The van der Waals surface area contributed by atoms with E-state index in [2.05, 4.69) is 15.0 Å². The first-order chi connectivity index (χ1) is 16.2. The lowest BCUT2D eigenvalue weighted by molar-refractivity contribution is -0.123. The lowest BCUT2D eigenvalue weighted by Crippen LogP contribution is -2.56. The molecule has 16 heteroatoms. The normalized spacial score (nSPS) is 19.7. The second-order valence-electron chi connectivity index (χ2n) is 7.60. The largest absolute Gasteiger partial charge is 0.547 e. The second-order valence-corrected chi connectivity index (χ2v) is 10.2. The van der Waals surface area contributed by atoms with E-state index in [1.54, 1.807) is 6.07 Å². The van der Waals surface area contributed by atoms with Crippen molar-refractivity contribution >= 4 is 45.7 Å². The standard InChI is InChI=1S/C18H22BN5O8S2/c20-18-21-12(9-33-18)14(23-34(29,30)24-4-6-31-7-5-24)16(25)22-13-8-10-2-1-3-11(17(26)27)15(10)32-19(13)28/h1-3,9,13-14,23,28H,4-8H2,(H2,20,21)(H,22,25)(H,26,27)/t13-,14?/m0/s1. The van der Waals surface area contributed by atoms with Gasteiger partial charge < -0.3 is 30.6 Å². The van der Waals surface area contributed by atoms with Crippen LogP contribution in [0.5, 0.6) is 5.75 Å². The zero-order chi connectivity index (χ0) is 24.5. The number of morpholine rings is 1. The van der Waals surface area contributed by atoms with Crippen molar-refractivity contribution < 1.29 is 37.5 Å². The number of aromatic nitrogens is 1. The molecule has 3 heterocycles. The maximum absolute atomic E-state index is 13.2. The number of carboxylic acids is 1. The fourth-order valence-electron chi connectivity index (χ4n) is 3.67. The Morgan fingerprint density at radius 2 is 2.06 bits per heavy atom. The minimum atomic E-state index is -4.08. The Balaban J connectivity index is 1.55. The number of anilines is 1. The van der Waals surface area contributed by atoms with E-state index in [0.717, 1.165) is 15.6 Å². The number of nitrogens with one attached hydrogen (secondary N) is 2. The van der Waals surface area contributed by atoms with Crippen LogP contribution in [0.25, 0.3) is 0 Å². The lowest BCUT2D eigenvalue weighted by Gasteiger charge is -2.31. The summed E-state index contributed by atoms with van der Waals surface area (Å²) in [5.74, 6) is -2.96. The molecule has 6 N–H and O–H groups in total. The fourth-order valence-corrected chi connectivity index (χ4v) is 5.57. The summed E-state index contributed by atoms with van der Waals surface area (Å²) in [5.41, 5.74) is 6.13. The number of nitrogens with zero attached hydrogens (tertiary/aromatic N) is 2. The molecule has 0 saturated carbocycles. The summed E-state index contributed by atoms with van der Waals surface area (Å²) in [6, 6.07) is 3.06. The minimum absolute atomic E-state index is 0.0184. The number of thiazole rings is 1. The van der Waals surface area contributed by atoms with E-state index >= 15 is 0 Å². The third-order valence-corrected chi connectivity index (χ3v) is 7.62. The highest BCUT2D eigenvalue weighted by atomic mass is 32.2. The van der Waals surface area contributed by atoms with Crippen LogP contribution in [0.2, 0.25) is 0 Å². The number of ether oxygens (including phenoxy) is 1. The number of hydrogen-bond acceptors (Lipinski definition) is 10. The van der Waals surface area contributed by atoms with Crippen molar-refractivity contribution in [2.45, 2.75) is 18.4 Å². The predicted octanol–water partition coefficient (Wildman–Crippen LogP) is -1.23. The Bertz CT molecular complexity index is 1190. The van der Waals surface area contributed by atoms with Crippen LogP contribution in [0.1, 0.15) is 27.7 Å². The molecule has 0 aliphatic carbocycles. The number of rotatable bonds is 7. The molecule has 1 unspecified atom stereocenters. The molecule has 1 aromatic heterocycles. The van der Waals surface area contributed by atoms with E-state index in [1.165, 1.54) is 17.5 Å². The molecule has 0 bridgehead atoms. The number of carboxylic acid groups (broad SMARTS) is 1. The number of aromatic carboxylic acids is 1. The van der Waals surface area contributed by atoms with Gasteiger partial charge in [0.2, 0.25) is 5.91 Å². The van der Waals surface area contributed by atoms with E-state index < -0.39 is 41.2 Å². The van der Waals surface area contributed by atoms with Crippen molar-refractivity contribution in [3.05, 3.63) is 40.4 Å². The zero-order valence-corrected chi connectivity index (χ0v) is 19.3. The third kappa shape index (κ3) is 5.16. The Morgan fingerprint density at radius 1 is 1.32 bits per heavy atom. The molecular formula is C18H22BN5O8S2. The van der Waals surface area contributed by atoms with E-state index in [-0.39, 0.29) is 54.9 Å². The number of amides is 1. The second kappa shape index (κ2) is 9.85. The van der Waals surface area contributed by atoms with Crippen LogP contribution in [0.4, 0.5) is 5.13 Å². The number of carbonyl (C=O) groups is 2. The quantitative estimate of drug-likeness (QED) is 0.281. The molecule has 1 saturated heterocycles. The summed E-state index contributed by atoms with van der Waals surface area (Å²) in [6.45, 7) is 0.705. The Hall–Kier alpha value is -2.76. The molecular weight excluding hydrogens is 489 g/mol. The van der Waals surface area contributed by atoms with Crippen molar-refractivity contribution in [3.63, 3.8) is 0 Å². The SMILES string of the molecule is Nc1nc(C(NS(=O)(=O)N2CCOCC2)C(=O)N[C@H]2Cc3cccc(C(=O)O)c3OB2O)cs1. The highest BCUT2D eigenvalue weighted by Gasteiger charge is 2.40. The molecule has 2 aliphatic heterocycles. The maximum atomic E-state index is 13.2. The van der Waals surface area contributed by atoms with Crippen LogP contribution < -0.4 is 20.4 Å². The van der Waals surface area contributed by atoms with Gasteiger partial charge >= 0.3 is 13.1 Å². The Kier molecular flexibility index (Phi) is 7.06. The summed E-state index contributed by atoms with van der Waals surface area (Å²) in [7, 11) is -5.64. The molecule has 1 amide bonds. The van der Waals surface area contributed by atoms with Gasteiger partial charge in [0.25, 0.3) is 10.2 Å². The smallest absolute Gasteiger partial charge is 0.534 e. The number of nitrogens with two attached hydrogens (primary N) is 1. The maximum Gasteiger partial charge on any atom is 0.547 e. The van der Waals surface area contributed by atoms with Gasteiger partial charge in [-0.05, 0) is 18.1 Å². The van der Waals surface area contributed by atoms with Crippen LogP contribution in [-0.2, 0) is 26.2 Å². The predicted molar refractivity (Wildman–Crippen MR) is 121 cm³/mol. The highest BCUT2D eigenvalue weighted by molar-refractivity contribution is 7.87. The van der Waals surface area contributed by atoms with Crippen molar-refractivity contribution in [1.82, 2.24) is 19.3 Å². The first-order valence-corrected chi connectivity index (χ1v) is 12.5. The molecule has 1 fully saturated rings. The highest BCUT2D eigenvalue weighted by Crippen LogP contribution is 2.30. The molecule has 1 aromatic carbocycles. The van der Waals surface area contributed by atoms with E-state index in [0.29, 0.717) is 5.56 Å². The monoisotopic (exact) mass is 511 g/mol. The Morgan fingerprint density at radius 3 is 2.71 bits per heavy atom. The molecule has 13 nitrogen and oxygen atoms in total. The topological polar surface area (TPSA) is 193 Å². The van der Waals surface area contributed by atoms with E-state index in [9.17, 15) is 28.1 Å². The van der Waals surface area contributed by atoms with Crippen molar-refractivity contribution in [2.75, 3.05) is 32.0 Å². The van der Waals surface area contributed by atoms with Crippen LogP contribution >= 0.6 is 11.3 Å². The lowest BCUT2D eigenvalue weighted by atomic mass is 9.72. The summed E-state index contributed by atoms with van der Waals surface area (Å²) >= 11 is 1.04. The van der Waals surface area contributed by atoms with Gasteiger partial charge in [0.05, 0.1) is 30.4 Å². The van der Waals surface area contributed by atoms with Gasteiger partial charge in [-0.2, -0.15) is 17.4 Å². The van der Waals surface area contributed by atoms with Crippen molar-refractivity contribution in [3.8, 4) is 5.75 Å².